The lowest BCUT2D eigenvalue weighted by Crippen LogP contribution is -2.48. The Morgan fingerprint density at radius 1 is 1.24 bits per heavy atom. The van der Waals surface area contributed by atoms with Crippen LogP contribution in [0.25, 0.3) is 0 Å². The summed E-state index contributed by atoms with van der Waals surface area (Å²) in [5, 5.41) is 0.980. The molecule has 0 saturated carbocycles. The van der Waals surface area contributed by atoms with Crippen molar-refractivity contribution < 1.29 is 4.79 Å². The van der Waals surface area contributed by atoms with E-state index in [1.165, 1.54) is 50.1 Å². The quantitative estimate of drug-likeness (QED) is 0.751. The SMILES string of the molecule is C[C@@H]1CCCN(C2CCN(c3ncc(C(=O)N(C)Cc4cccnc4)s3)CC2)C1. The van der Waals surface area contributed by atoms with Crippen LogP contribution in [0.4, 0.5) is 5.13 Å². The third-order valence-corrected chi connectivity index (χ3v) is 7.18. The van der Waals surface area contributed by atoms with Gasteiger partial charge in [-0.25, -0.2) is 4.98 Å². The number of nitrogens with zero attached hydrogens (tertiary/aromatic N) is 5. The summed E-state index contributed by atoms with van der Waals surface area (Å²) in [6, 6.07) is 4.59. The van der Waals surface area contributed by atoms with Crippen LogP contribution in [-0.2, 0) is 6.54 Å². The molecule has 2 saturated heterocycles. The Bertz CT molecular complexity index is 803. The van der Waals surface area contributed by atoms with E-state index >= 15 is 0 Å². The molecule has 6 nitrogen and oxygen atoms in total. The van der Waals surface area contributed by atoms with Crippen molar-refractivity contribution in [1.82, 2.24) is 19.8 Å². The maximum absolute atomic E-state index is 12.8. The lowest BCUT2D eigenvalue weighted by Gasteiger charge is -2.41. The summed E-state index contributed by atoms with van der Waals surface area (Å²) in [6.07, 6.45) is 10.4. The van der Waals surface area contributed by atoms with Crippen LogP contribution >= 0.6 is 11.3 Å². The highest BCUT2D eigenvalue weighted by Gasteiger charge is 2.28. The first-order valence-corrected chi connectivity index (χ1v) is 11.5. The largest absolute Gasteiger partial charge is 0.348 e. The van der Waals surface area contributed by atoms with E-state index < -0.39 is 0 Å². The van der Waals surface area contributed by atoms with Crippen LogP contribution in [0.5, 0.6) is 0 Å². The molecule has 2 fully saturated rings. The van der Waals surface area contributed by atoms with Crippen LogP contribution in [0.2, 0.25) is 0 Å². The fourth-order valence-corrected chi connectivity index (χ4v) is 5.48. The molecule has 0 radical (unpaired) electrons. The molecular formula is C22H31N5OS. The summed E-state index contributed by atoms with van der Waals surface area (Å²) < 4.78 is 0. The van der Waals surface area contributed by atoms with E-state index in [0.717, 1.165) is 29.7 Å². The summed E-state index contributed by atoms with van der Waals surface area (Å²) >= 11 is 1.52. The van der Waals surface area contributed by atoms with Crippen molar-refractivity contribution in [1.29, 1.82) is 0 Å². The van der Waals surface area contributed by atoms with Gasteiger partial charge in [-0.05, 0) is 49.8 Å². The number of thiazole rings is 1. The second-order valence-electron chi connectivity index (χ2n) is 8.49. The van der Waals surface area contributed by atoms with Crippen molar-refractivity contribution in [2.75, 3.05) is 38.1 Å². The summed E-state index contributed by atoms with van der Waals surface area (Å²) in [7, 11) is 1.83. The standard InChI is InChI=1S/C22H31N5OS/c1-17-5-4-10-27(15-17)19-7-11-26(12-8-19)22-24-14-20(29-22)21(28)25(2)16-18-6-3-9-23-13-18/h3,6,9,13-14,17,19H,4-5,7-8,10-12,15-16H2,1-2H3/t17-/m1/s1. The molecule has 2 aromatic rings. The fraction of sp³-hybridized carbons (Fsp3) is 0.591. The topological polar surface area (TPSA) is 52.6 Å². The molecule has 1 amide bonds. The number of pyridine rings is 1. The first-order chi connectivity index (χ1) is 14.1. The number of anilines is 1. The fourth-order valence-electron chi connectivity index (χ4n) is 4.52. The third-order valence-electron chi connectivity index (χ3n) is 6.13. The van der Waals surface area contributed by atoms with E-state index in [1.807, 2.05) is 19.2 Å². The molecule has 0 aromatic carbocycles. The number of carbonyl (C=O) groups is 1. The van der Waals surface area contributed by atoms with E-state index in [4.69, 9.17) is 0 Å². The van der Waals surface area contributed by atoms with Crippen LogP contribution in [0.15, 0.2) is 30.7 Å². The molecule has 7 heteroatoms. The van der Waals surface area contributed by atoms with Gasteiger partial charge in [0.05, 0.1) is 6.20 Å². The number of amides is 1. The normalized spacial score (nSPS) is 21.3. The number of hydrogen-bond acceptors (Lipinski definition) is 6. The van der Waals surface area contributed by atoms with Crippen molar-refractivity contribution in [2.24, 2.45) is 5.92 Å². The lowest BCUT2D eigenvalue weighted by molar-refractivity contribution is 0.0789. The highest BCUT2D eigenvalue weighted by Crippen LogP contribution is 2.29. The average Bonchev–Trinajstić information content (AvgIpc) is 3.24. The van der Waals surface area contributed by atoms with Gasteiger partial charge in [0.15, 0.2) is 5.13 Å². The van der Waals surface area contributed by atoms with Crippen LogP contribution in [0.1, 0.15) is 47.8 Å². The van der Waals surface area contributed by atoms with E-state index in [0.29, 0.717) is 17.5 Å². The molecule has 1 atom stereocenters. The Kier molecular flexibility index (Phi) is 6.45. The maximum Gasteiger partial charge on any atom is 0.265 e. The van der Waals surface area contributed by atoms with Crippen LogP contribution in [0.3, 0.4) is 0 Å². The van der Waals surface area contributed by atoms with Crippen molar-refractivity contribution in [3.63, 3.8) is 0 Å². The van der Waals surface area contributed by atoms with Gasteiger partial charge < -0.3 is 9.80 Å². The number of piperidine rings is 2. The highest BCUT2D eigenvalue weighted by atomic mass is 32.1. The van der Waals surface area contributed by atoms with Crippen LogP contribution < -0.4 is 4.90 Å². The molecule has 4 rings (SSSR count). The Balaban J connectivity index is 1.31. The number of likely N-dealkylation sites (tertiary alicyclic amines) is 1. The Morgan fingerprint density at radius 2 is 2.07 bits per heavy atom. The zero-order chi connectivity index (χ0) is 20.2. The molecule has 2 aliphatic heterocycles. The highest BCUT2D eigenvalue weighted by molar-refractivity contribution is 7.17. The van der Waals surface area contributed by atoms with Gasteiger partial charge in [0.2, 0.25) is 0 Å². The Labute approximate surface area is 177 Å². The smallest absolute Gasteiger partial charge is 0.265 e. The molecule has 2 aromatic heterocycles. The minimum Gasteiger partial charge on any atom is -0.348 e. The molecule has 0 bridgehead atoms. The van der Waals surface area contributed by atoms with E-state index in [9.17, 15) is 4.79 Å². The molecular weight excluding hydrogens is 382 g/mol. The molecule has 0 spiro atoms. The van der Waals surface area contributed by atoms with Gasteiger partial charge in [0, 0.05) is 51.7 Å². The summed E-state index contributed by atoms with van der Waals surface area (Å²) in [5.41, 5.74) is 1.03. The third kappa shape index (κ3) is 4.95. The molecule has 0 N–H and O–H groups in total. The number of hydrogen-bond donors (Lipinski definition) is 0. The van der Waals surface area contributed by atoms with E-state index in [2.05, 4.69) is 26.7 Å². The summed E-state index contributed by atoms with van der Waals surface area (Å²) in [4.78, 5) is 29.0. The Morgan fingerprint density at radius 3 is 2.79 bits per heavy atom. The predicted octanol–water partition coefficient (Wildman–Crippen LogP) is 3.51. The molecule has 29 heavy (non-hydrogen) atoms. The minimum absolute atomic E-state index is 0.0230. The zero-order valence-corrected chi connectivity index (χ0v) is 18.3. The van der Waals surface area contributed by atoms with Gasteiger partial charge in [0.1, 0.15) is 4.88 Å². The number of carbonyl (C=O) groups excluding carboxylic acids is 1. The first kappa shape index (κ1) is 20.3. The van der Waals surface area contributed by atoms with Gasteiger partial charge in [-0.1, -0.05) is 24.3 Å². The van der Waals surface area contributed by atoms with E-state index in [1.54, 1.807) is 23.5 Å². The van der Waals surface area contributed by atoms with Gasteiger partial charge in [-0.3, -0.25) is 14.7 Å². The minimum atomic E-state index is 0.0230. The average molecular weight is 414 g/mol. The summed E-state index contributed by atoms with van der Waals surface area (Å²) in [5.74, 6) is 0.854. The molecule has 2 aliphatic rings. The first-order valence-electron chi connectivity index (χ1n) is 10.7. The predicted molar refractivity (Wildman–Crippen MR) is 117 cm³/mol. The Hall–Kier alpha value is -1.99. The molecule has 0 unspecified atom stereocenters. The maximum atomic E-state index is 12.8. The molecule has 4 heterocycles. The van der Waals surface area contributed by atoms with Crippen LogP contribution in [-0.4, -0.2) is 64.9 Å². The number of aromatic nitrogens is 2. The molecule has 0 aliphatic carbocycles. The van der Waals surface area contributed by atoms with E-state index in [-0.39, 0.29) is 5.91 Å². The second-order valence-corrected chi connectivity index (χ2v) is 9.50. The number of rotatable bonds is 5. The van der Waals surface area contributed by atoms with Crippen molar-refractivity contribution in [3.8, 4) is 0 Å². The van der Waals surface area contributed by atoms with Gasteiger partial charge in [-0.2, -0.15) is 0 Å². The van der Waals surface area contributed by atoms with Crippen molar-refractivity contribution >= 4 is 22.4 Å². The van der Waals surface area contributed by atoms with Gasteiger partial charge in [-0.15, -0.1) is 0 Å². The van der Waals surface area contributed by atoms with Crippen molar-refractivity contribution in [3.05, 3.63) is 41.2 Å². The van der Waals surface area contributed by atoms with Crippen LogP contribution in [0, 0.1) is 5.92 Å². The zero-order valence-electron chi connectivity index (χ0n) is 17.5. The summed E-state index contributed by atoms with van der Waals surface area (Å²) in [6.45, 7) is 7.50. The molecule has 156 valence electrons. The monoisotopic (exact) mass is 413 g/mol. The van der Waals surface area contributed by atoms with Gasteiger partial charge in [0.25, 0.3) is 5.91 Å². The second kappa shape index (κ2) is 9.22. The lowest BCUT2D eigenvalue weighted by atomic mass is 9.95. The van der Waals surface area contributed by atoms with Gasteiger partial charge >= 0.3 is 0 Å². The van der Waals surface area contributed by atoms with Crippen molar-refractivity contribution in [2.45, 2.75) is 45.2 Å².